The Morgan fingerprint density at radius 1 is 0.844 bits per heavy atom. The van der Waals surface area contributed by atoms with E-state index in [0.29, 0.717) is 18.0 Å². The molecule has 0 atom stereocenters. The molecule has 0 aliphatic carbocycles. The van der Waals surface area contributed by atoms with Gasteiger partial charge < -0.3 is 0 Å². The number of hydrogen-bond acceptors (Lipinski definition) is 2. The molecule has 0 unspecified atom stereocenters. The van der Waals surface area contributed by atoms with E-state index in [1.54, 1.807) is 16.4 Å². The Morgan fingerprint density at radius 2 is 1.47 bits per heavy atom. The maximum Gasteiger partial charge on any atom is 0.243 e. The maximum absolute atomic E-state index is 13.6. The van der Waals surface area contributed by atoms with Crippen molar-refractivity contribution in [1.82, 2.24) is 4.31 Å². The molecular weight excluding hydrogens is 414 g/mol. The van der Waals surface area contributed by atoms with Crippen LogP contribution in [-0.4, -0.2) is 19.3 Å². The zero-order valence-electron chi connectivity index (χ0n) is 19.5. The van der Waals surface area contributed by atoms with Crippen LogP contribution in [0.1, 0.15) is 49.9 Å². The van der Waals surface area contributed by atoms with Gasteiger partial charge in [0.15, 0.2) is 0 Å². The predicted octanol–water partition coefficient (Wildman–Crippen LogP) is 6.57. The van der Waals surface area contributed by atoms with Gasteiger partial charge >= 0.3 is 0 Å². The first-order valence-corrected chi connectivity index (χ1v) is 12.5. The van der Waals surface area contributed by atoms with Gasteiger partial charge in [0.1, 0.15) is 0 Å². The first kappa shape index (κ1) is 22.5. The van der Waals surface area contributed by atoms with Gasteiger partial charge in [0, 0.05) is 13.1 Å². The van der Waals surface area contributed by atoms with E-state index >= 15 is 0 Å². The number of fused-ring (bicyclic) bond motifs is 1. The van der Waals surface area contributed by atoms with Crippen LogP contribution >= 0.6 is 0 Å². The zero-order chi connectivity index (χ0) is 23.1. The van der Waals surface area contributed by atoms with Gasteiger partial charge in [-0.1, -0.05) is 87.0 Å². The molecule has 0 saturated heterocycles. The van der Waals surface area contributed by atoms with Gasteiger partial charge in [-0.05, 0) is 64.8 Å². The highest BCUT2D eigenvalue weighted by Gasteiger charge is 2.34. The summed E-state index contributed by atoms with van der Waals surface area (Å²) in [4.78, 5) is 0.346. The van der Waals surface area contributed by atoms with Crippen LogP contribution in [0.15, 0.2) is 77.7 Å². The number of allylic oxidation sites excluding steroid dienone is 1. The van der Waals surface area contributed by atoms with Crippen LogP contribution in [0.5, 0.6) is 0 Å². The fourth-order valence-corrected chi connectivity index (χ4v) is 6.00. The molecular formula is C28H31NO2S. The van der Waals surface area contributed by atoms with Gasteiger partial charge in [0.2, 0.25) is 10.0 Å². The Kier molecular flexibility index (Phi) is 5.87. The molecule has 1 aliphatic heterocycles. The van der Waals surface area contributed by atoms with Crippen LogP contribution in [0, 0.1) is 6.92 Å². The van der Waals surface area contributed by atoms with Crippen molar-refractivity contribution in [3.8, 4) is 11.1 Å². The van der Waals surface area contributed by atoms with E-state index < -0.39 is 10.0 Å². The number of sulfonamides is 1. The molecule has 0 N–H and O–H groups in total. The van der Waals surface area contributed by atoms with Crippen LogP contribution in [0.4, 0.5) is 0 Å². The van der Waals surface area contributed by atoms with Gasteiger partial charge in [-0.25, -0.2) is 8.42 Å². The summed E-state index contributed by atoms with van der Waals surface area (Å²) in [5.74, 6) is 0. The van der Waals surface area contributed by atoms with Crippen molar-refractivity contribution in [2.24, 2.45) is 0 Å². The minimum Gasteiger partial charge on any atom is -0.207 e. The molecule has 4 heteroatoms. The third kappa shape index (κ3) is 4.05. The lowest BCUT2D eigenvalue weighted by Gasteiger charge is -2.36. The third-order valence-corrected chi connectivity index (χ3v) is 7.99. The molecule has 1 heterocycles. The maximum atomic E-state index is 13.6. The Bertz CT molecular complexity index is 1270. The van der Waals surface area contributed by atoms with Crippen LogP contribution in [0.3, 0.4) is 0 Å². The Hall–Kier alpha value is -2.69. The van der Waals surface area contributed by atoms with E-state index in [9.17, 15) is 8.42 Å². The van der Waals surface area contributed by atoms with Gasteiger partial charge in [0.05, 0.1) is 4.90 Å². The van der Waals surface area contributed by atoms with E-state index in [1.807, 2.05) is 50.3 Å². The van der Waals surface area contributed by atoms with Crippen molar-refractivity contribution in [3.05, 3.63) is 95.1 Å². The second kappa shape index (κ2) is 8.34. The molecule has 3 aromatic rings. The number of benzene rings is 3. The average molecular weight is 446 g/mol. The number of aryl methyl sites for hydroxylation is 1. The smallest absolute Gasteiger partial charge is 0.207 e. The summed E-state index contributed by atoms with van der Waals surface area (Å²) < 4.78 is 28.8. The molecule has 0 aromatic heterocycles. The van der Waals surface area contributed by atoms with E-state index in [2.05, 4.69) is 45.0 Å². The second-order valence-corrected chi connectivity index (χ2v) is 11.5. The largest absolute Gasteiger partial charge is 0.243 e. The van der Waals surface area contributed by atoms with Crippen molar-refractivity contribution < 1.29 is 8.42 Å². The lowest BCUT2D eigenvalue weighted by atomic mass is 9.75. The third-order valence-electron chi connectivity index (χ3n) is 6.18. The zero-order valence-corrected chi connectivity index (χ0v) is 20.3. The predicted molar refractivity (Wildman–Crippen MR) is 133 cm³/mol. The van der Waals surface area contributed by atoms with Gasteiger partial charge in [-0.15, -0.1) is 0 Å². The molecule has 166 valence electrons. The standard InChI is InChI=1S/C28H31NO2S/c1-6-21-18-29(32(30,31)23-14-12-20(2)13-15-23)19-26-24(21)16-17-25(27(26)28(3,4)5)22-10-8-7-9-11-22/h6-17H,18-19H2,1-5H3/b21-6+. The van der Waals surface area contributed by atoms with E-state index in [4.69, 9.17) is 0 Å². The summed E-state index contributed by atoms with van der Waals surface area (Å²) in [6, 6.07) is 21.9. The number of nitrogens with zero attached hydrogens (tertiary/aromatic N) is 1. The molecule has 3 nitrogen and oxygen atoms in total. The number of hydrogen-bond donors (Lipinski definition) is 0. The molecule has 0 saturated carbocycles. The summed E-state index contributed by atoms with van der Waals surface area (Å²) in [5.41, 5.74) is 7.75. The first-order chi connectivity index (χ1) is 15.1. The summed E-state index contributed by atoms with van der Waals surface area (Å²) in [7, 11) is -3.61. The topological polar surface area (TPSA) is 37.4 Å². The highest BCUT2D eigenvalue weighted by atomic mass is 32.2. The highest BCUT2D eigenvalue weighted by molar-refractivity contribution is 7.89. The Morgan fingerprint density at radius 3 is 2.06 bits per heavy atom. The Balaban J connectivity index is 1.91. The van der Waals surface area contributed by atoms with Crippen molar-refractivity contribution >= 4 is 15.6 Å². The summed E-state index contributed by atoms with van der Waals surface area (Å²) >= 11 is 0. The van der Waals surface area contributed by atoms with Crippen LogP contribution in [0.25, 0.3) is 16.7 Å². The van der Waals surface area contributed by atoms with Crippen LogP contribution in [-0.2, 0) is 22.0 Å². The minimum absolute atomic E-state index is 0.147. The molecule has 0 spiro atoms. The molecule has 32 heavy (non-hydrogen) atoms. The van der Waals surface area contributed by atoms with Gasteiger partial charge in [0.25, 0.3) is 0 Å². The van der Waals surface area contributed by atoms with Crippen molar-refractivity contribution in [2.45, 2.75) is 51.5 Å². The second-order valence-electron chi connectivity index (χ2n) is 9.53. The molecule has 0 fully saturated rings. The van der Waals surface area contributed by atoms with E-state index in [1.165, 1.54) is 11.1 Å². The molecule has 4 rings (SSSR count). The van der Waals surface area contributed by atoms with Crippen molar-refractivity contribution in [3.63, 3.8) is 0 Å². The Labute approximate surface area is 192 Å². The van der Waals surface area contributed by atoms with Crippen LogP contribution < -0.4 is 0 Å². The lowest BCUT2D eigenvalue weighted by molar-refractivity contribution is 0.427. The fourth-order valence-electron chi connectivity index (χ4n) is 4.61. The summed E-state index contributed by atoms with van der Waals surface area (Å²) in [6.45, 7) is 11.3. The first-order valence-electron chi connectivity index (χ1n) is 11.1. The van der Waals surface area contributed by atoms with Crippen molar-refractivity contribution in [2.75, 3.05) is 6.54 Å². The monoisotopic (exact) mass is 445 g/mol. The summed E-state index contributed by atoms with van der Waals surface area (Å²) in [6.07, 6.45) is 2.05. The van der Waals surface area contributed by atoms with E-state index in [-0.39, 0.29) is 5.41 Å². The molecule has 0 amide bonds. The highest BCUT2D eigenvalue weighted by Crippen LogP contribution is 2.42. The lowest BCUT2D eigenvalue weighted by Crippen LogP contribution is -2.37. The van der Waals surface area contributed by atoms with Crippen LogP contribution in [0.2, 0.25) is 0 Å². The minimum atomic E-state index is -3.61. The van der Waals surface area contributed by atoms with Crippen molar-refractivity contribution in [1.29, 1.82) is 0 Å². The van der Waals surface area contributed by atoms with Gasteiger partial charge in [-0.3, -0.25) is 0 Å². The number of rotatable bonds is 3. The van der Waals surface area contributed by atoms with E-state index in [0.717, 1.165) is 27.8 Å². The molecule has 0 bridgehead atoms. The quantitative estimate of drug-likeness (QED) is 0.457. The molecule has 1 aliphatic rings. The summed E-state index contributed by atoms with van der Waals surface area (Å²) in [5, 5.41) is 0. The normalized spacial score (nSPS) is 16.2. The van der Waals surface area contributed by atoms with Gasteiger partial charge in [-0.2, -0.15) is 4.31 Å². The molecule has 3 aromatic carbocycles. The fraction of sp³-hybridized carbons (Fsp3) is 0.286. The average Bonchev–Trinajstić information content (AvgIpc) is 2.77. The molecule has 0 radical (unpaired) electrons. The SMILES string of the molecule is C/C=C1\CN(S(=O)(=O)c2ccc(C)cc2)Cc2c1ccc(-c1ccccc1)c2C(C)(C)C.